The molecule has 1 aliphatic carbocycles. The summed E-state index contributed by atoms with van der Waals surface area (Å²) in [7, 11) is 0. The van der Waals surface area contributed by atoms with Gasteiger partial charge < -0.3 is 11.1 Å². The molecule has 2 aromatic rings. The number of rotatable bonds is 4. The van der Waals surface area contributed by atoms with Gasteiger partial charge in [-0.25, -0.2) is 4.68 Å². The van der Waals surface area contributed by atoms with E-state index in [9.17, 15) is 4.79 Å². The molecule has 1 saturated carbocycles. The molecule has 0 spiro atoms. The largest absolute Gasteiger partial charge is 0.399 e. The Morgan fingerprint density at radius 1 is 1.33 bits per heavy atom. The van der Waals surface area contributed by atoms with E-state index in [-0.39, 0.29) is 16.3 Å². The monoisotopic (exact) mass is 324 g/mol. The Bertz CT molecular complexity index is 740. The van der Waals surface area contributed by atoms with Crippen molar-refractivity contribution in [2.24, 2.45) is 5.92 Å². The van der Waals surface area contributed by atoms with Gasteiger partial charge in [-0.2, -0.15) is 5.10 Å². The number of hydrogen-bond donors (Lipinski definition) is 2. The summed E-state index contributed by atoms with van der Waals surface area (Å²) in [5.74, 6) is 0.542. The number of nitrogens with two attached hydrogens (primary N) is 1. The standard InChI is InChI=1S/C14H14Cl2N4O/c15-10-4-3-9(17)5-12(10)19-13-11(16)6-18-20(14(13)21)7-8-1-2-8/h3-6,8,19H,1-2,7,17H2. The van der Waals surface area contributed by atoms with Gasteiger partial charge in [0.05, 0.1) is 21.9 Å². The lowest BCUT2D eigenvalue weighted by molar-refractivity contribution is 0.535. The SMILES string of the molecule is Nc1ccc(Cl)c(Nc2c(Cl)cnn(CC3CC3)c2=O)c1. The molecule has 3 N–H and O–H groups in total. The zero-order valence-electron chi connectivity index (χ0n) is 11.1. The van der Waals surface area contributed by atoms with Crippen molar-refractivity contribution < 1.29 is 0 Å². The molecule has 3 rings (SSSR count). The van der Waals surface area contributed by atoms with Crippen molar-refractivity contribution in [3.8, 4) is 0 Å². The molecule has 21 heavy (non-hydrogen) atoms. The van der Waals surface area contributed by atoms with Crippen LogP contribution in [0, 0.1) is 5.92 Å². The number of aromatic nitrogens is 2. The summed E-state index contributed by atoms with van der Waals surface area (Å²) in [6.45, 7) is 0.620. The zero-order chi connectivity index (χ0) is 15.0. The number of nitrogens with one attached hydrogen (secondary N) is 1. The molecule has 1 heterocycles. The molecule has 0 aliphatic heterocycles. The quantitative estimate of drug-likeness (QED) is 0.846. The lowest BCUT2D eigenvalue weighted by atomic mass is 10.2. The third-order valence-corrected chi connectivity index (χ3v) is 3.99. The number of nitrogens with zero attached hydrogens (tertiary/aromatic N) is 2. The lowest BCUT2D eigenvalue weighted by Crippen LogP contribution is -2.26. The molecule has 0 unspecified atom stereocenters. The highest BCUT2D eigenvalue weighted by Gasteiger charge is 2.23. The van der Waals surface area contributed by atoms with Crippen LogP contribution in [0.3, 0.4) is 0 Å². The van der Waals surface area contributed by atoms with Crippen molar-refractivity contribution in [2.75, 3.05) is 11.1 Å². The fourth-order valence-corrected chi connectivity index (χ4v) is 2.37. The Morgan fingerprint density at radius 2 is 2.10 bits per heavy atom. The topological polar surface area (TPSA) is 72.9 Å². The normalized spacial score (nSPS) is 14.2. The maximum Gasteiger partial charge on any atom is 0.291 e. The molecule has 5 nitrogen and oxygen atoms in total. The highest BCUT2D eigenvalue weighted by molar-refractivity contribution is 6.34. The average Bonchev–Trinajstić information content (AvgIpc) is 3.26. The van der Waals surface area contributed by atoms with Gasteiger partial charge in [0.15, 0.2) is 0 Å². The van der Waals surface area contributed by atoms with Crippen LogP contribution in [-0.2, 0) is 6.54 Å². The van der Waals surface area contributed by atoms with Crippen molar-refractivity contribution in [1.29, 1.82) is 0 Å². The van der Waals surface area contributed by atoms with E-state index in [1.807, 2.05) is 0 Å². The second-order valence-electron chi connectivity index (χ2n) is 5.16. The Kier molecular flexibility index (Phi) is 3.78. The minimum absolute atomic E-state index is 0.255. The summed E-state index contributed by atoms with van der Waals surface area (Å²) in [5, 5.41) is 7.76. The van der Waals surface area contributed by atoms with E-state index in [2.05, 4.69) is 10.4 Å². The van der Waals surface area contributed by atoms with Crippen LogP contribution in [0.15, 0.2) is 29.2 Å². The van der Waals surface area contributed by atoms with E-state index in [1.165, 1.54) is 10.9 Å². The molecule has 0 atom stereocenters. The van der Waals surface area contributed by atoms with E-state index in [1.54, 1.807) is 18.2 Å². The fraction of sp³-hybridized carbons (Fsp3) is 0.286. The van der Waals surface area contributed by atoms with Gasteiger partial charge in [0.2, 0.25) is 0 Å². The van der Waals surface area contributed by atoms with Gasteiger partial charge in [0, 0.05) is 12.2 Å². The Morgan fingerprint density at radius 3 is 2.81 bits per heavy atom. The zero-order valence-corrected chi connectivity index (χ0v) is 12.7. The Hall–Kier alpha value is -1.72. The number of halogens is 2. The summed E-state index contributed by atoms with van der Waals surface area (Å²) in [6, 6.07) is 5.01. The van der Waals surface area contributed by atoms with E-state index in [0.717, 1.165) is 12.8 Å². The average molecular weight is 325 g/mol. The van der Waals surface area contributed by atoms with Gasteiger partial charge in [-0.1, -0.05) is 23.2 Å². The molecule has 7 heteroatoms. The number of anilines is 3. The second-order valence-corrected chi connectivity index (χ2v) is 5.98. The van der Waals surface area contributed by atoms with E-state index in [4.69, 9.17) is 28.9 Å². The van der Waals surface area contributed by atoms with Gasteiger partial charge in [-0.05, 0) is 37.0 Å². The van der Waals surface area contributed by atoms with Crippen LogP contribution in [0.5, 0.6) is 0 Å². The molecule has 0 radical (unpaired) electrons. The molecular weight excluding hydrogens is 311 g/mol. The van der Waals surface area contributed by atoms with Gasteiger partial charge in [0.25, 0.3) is 5.56 Å². The van der Waals surface area contributed by atoms with Crippen molar-refractivity contribution in [3.63, 3.8) is 0 Å². The molecule has 0 saturated heterocycles. The summed E-state index contributed by atoms with van der Waals surface area (Å²) in [5.41, 5.74) is 6.83. The summed E-state index contributed by atoms with van der Waals surface area (Å²) >= 11 is 12.2. The minimum atomic E-state index is -0.257. The van der Waals surface area contributed by atoms with E-state index >= 15 is 0 Å². The molecule has 110 valence electrons. The first-order valence-corrected chi connectivity index (χ1v) is 7.38. The summed E-state index contributed by atoms with van der Waals surface area (Å²) < 4.78 is 1.44. The number of hydrogen-bond acceptors (Lipinski definition) is 4. The predicted octanol–water partition coefficient (Wildman–Crippen LogP) is 3.29. The van der Waals surface area contributed by atoms with Crippen molar-refractivity contribution in [2.45, 2.75) is 19.4 Å². The molecule has 1 aliphatic rings. The number of nitrogen functional groups attached to an aromatic ring is 1. The third-order valence-electron chi connectivity index (χ3n) is 3.38. The van der Waals surface area contributed by atoms with Crippen LogP contribution < -0.4 is 16.6 Å². The number of benzene rings is 1. The van der Waals surface area contributed by atoms with Crippen molar-refractivity contribution in [1.82, 2.24) is 9.78 Å². The first-order valence-electron chi connectivity index (χ1n) is 6.62. The molecule has 1 aromatic heterocycles. The van der Waals surface area contributed by atoms with E-state index in [0.29, 0.717) is 28.9 Å². The minimum Gasteiger partial charge on any atom is -0.399 e. The Labute approximate surface area is 131 Å². The fourth-order valence-electron chi connectivity index (χ4n) is 2.03. The van der Waals surface area contributed by atoms with Gasteiger partial charge in [-0.15, -0.1) is 0 Å². The lowest BCUT2D eigenvalue weighted by Gasteiger charge is -2.12. The molecule has 0 amide bonds. The maximum absolute atomic E-state index is 12.4. The maximum atomic E-state index is 12.4. The summed E-state index contributed by atoms with van der Waals surface area (Å²) in [4.78, 5) is 12.4. The van der Waals surface area contributed by atoms with Crippen LogP contribution in [0.4, 0.5) is 17.1 Å². The van der Waals surface area contributed by atoms with Crippen LogP contribution in [-0.4, -0.2) is 9.78 Å². The van der Waals surface area contributed by atoms with Gasteiger partial charge >= 0.3 is 0 Å². The van der Waals surface area contributed by atoms with Crippen LogP contribution in [0.1, 0.15) is 12.8 Å². The smallest absolute Gasteiger partial charge is 0.291 e. The predicted molar refractivity (Wildman–Crippen MR) is 85.4 cm³/mol. The molecular formula is C14H14Cl2N4O. The molecule has 1 fully saturated rings. The first kappa shape index (κ1) is 14.2. The first-order chi connectivity index (χ1) is 10.0. The van der Waals surface area contributed by atoms with Crippen LogP contribution in [0.25, 0.3) is 0 Å². The van der Waals surface area contributed by atoms with E-state index < -0.39 is 0 Å². The van der Waals surface area contributed by atoms with Gasteiger partial charge in [-0.3, -0.25) is 4.79 Å². The molecule has 0 bridgehead atoms. The van der Waals surface area contributed by atoms with Crippen molar-refractivity contribution in [3.05, 3.63) is 44.8 Å². The second kappa shape index (κ2) is 5.58. The highest BCUT2D eigenvalue weighted by atomic mass is 35.5. The molecule has 1 aromatic carbocycles. The highest BCUT2D eigenvalue weighted by Crippen LogP contribution is 2.31. The van der Waals surface area contributed by atoms with Gasteiger partial charge in [0.1, 0.15) is 5.69 Å². The Balaban J connectivity index is 1.97. The third kappa shape index (κ3) is 3.14. The summed E-state index contributed by atoms with van der Waals surface area (Å²) in [6.07, 6.45) is 3.75. The van der Waals surface area contributed by atoms with Crippen LogP contribution >= 0.6 is 23.2 Å². The van der Waals surface area contributed by atoms with Crippen molar-refractivity contribution >= 4 is 40.3 Å². The van der Waals surface area contributed by atoms with Crippen LogP contribution in [0.2, 0.25) is 10.0 Å².